The molecular formula is C19H33N3O9. The SMILES string of the molecule is CCCOCCOCCOCC(=O)NCC(=O)N[C@@H](CCC(=O)O)C(=O)NCC(C)=O. The molecule has 0 aliphatic rings. The second-order valence-electron chi connectivity index (χ2n) is 6.53. The first kappa shape index (κ1) is 28.4. The molecular weight excluding hydrogens is 414 g/mol. The zero-order valence-electron chi connectivity index (χ0n) is 18.1. The van der Waals surface area contributed by atoms with Crippen LogP contribution in [-0.2, 0) is 38.2 Å². The van der Waals surface area contributed by atoms with Crippen LogP contribution in [0.15, 0.2) is 0 Å². The number of carbonyl (C=O) groups is 5. The van der Waals surface area contributed by atoms with E-state index in [1.807, 2.05) is 6.92 Å². The minimum atomic E-state index is -1.14. The predicted octanol–water partition coefficient (Wildman–Crippen LogP) is -1.38. The fourth-order valence-corrected chi connectivity index (χ4v) is 2.10. The first-order chi connectivity index (χ1) is 14.8. The number of carboxylic acids is 1. The highest BCUT2D eigenvalue weighted by Gasteiger charge is 2.22. The number of nitrogens with one attached hydrogen (secondary N) is 3. The number of Topliss-reactive ketones (excluding diaryl/α,β-unsaturated/α-hetero) is 1. The number of rotatable bonds is 19. The van der Waals surface area contributed by atoms with Crippen molar-refractivity contribution in [2.45, 2.75) is 39.2 Å². The zero-order valence-corrected chi connectivity index (χ0v) is 18.1. The Morgan fingerprint density at radius 3 is 2.03 bits per heavy atom. The first-order valence-electron chi connectivity index (χ1n) is 10.0. The molecule has 0 aliphatic carbocycles. The molecule has 3 amide bonds. The van der Waals surface area contributed by atoms with Gasteiger partial charge in [0.15, 0.2) is 0 Å². The van der Waals surface area contributed by atoms with E-state index in [0.29, 0.717) is 26.4 Å². The van der Waals surface area contributed by atoms with E-state index in [-0.39, 0.29) is 38.4 Å². The van der Waals surface area contributed by atoms with Crippen molar-refractivity contribution in [2.24, 2.45) is 0 Å². The van der Waals surface area contributed by atoms with Crippen LogP contribution in [0.3, 0.4) is 0 Å². The van der Waals surface area contributed by atoms with E-state index in [9.17, 15) is 24.0 Å². The van der Waals surface area contributed by atoms with Crippen LogP contribution < -0.4 is 16.0 Å². The lowest BCUT2D eigenvalue weighted by atomic mass is 10.1. The van der Waals surface area contributed by atoms with Gasteiger partial charge in [-0.05, 0) is 19.8 Å². The van der Waals surface area contributed by atoms with Gasteiger partial charge in [0.05, 0.1) is 39.5 Å². The molecule has 0 spiro atoms. The fraction of sp³-hybridized carbons (Fsp3) is 0.737. The summed E-state index contributed by atoms with van der Waals surface area (Å²) < 4.78 is 15.6. The number of hydrogen-bond donors (Lipinski definition) is 4. The Balaban J connectivity index is 4.10. The monoisotopic (exact) mass is 447 g/mol. The van der Waals surface area contributed by atoms with Gasteiger partial charge in [0.1, 0.15) is 18.4 Å². The smallest absolute Gasteiger partial charge is 0.303 e. The molecule has 0 bridgehead atoms. The number of amides is 3. The zero-order chi connectivity index (χ0) is 23.5. The molecule has 31 heavy (non-hydrogen) atoms. The lowest BCUT2D eigenvalue weighted by Gasteiger charge is -2.17. The molecule has 0 aliphatic heterocycles. The van der Waals surface area contributed by atoms with Crippen LogP contribution in [0.2, 0.25) is 0 Å². The Bertz CT molecular complexity index is 584. The van der Waals surface area contributed by atoms with Crippen LogP contribution in [0.25, 0.3) is 0 Å². The van der Waals surface area contributed by atoms with Gasteiger partial charge in [-0.2, -0.15) is 0 Å². The van der Waals surface area contributed by atoms with Gasteiger partial charge in [0.2, 0.25) is 17.7 Å². The van der Waals surface area contributed by atoms with E-state index < -0.39 is 36.3 Å². The van der Waals surface area contributed by atoms with Crippen LogP contribution in [0, 0.1) is 0 Å². The van der Waals surface area contributed by atoms with Crippen LogP contribution in [-0.4, -0.2) is 93.4 Å². The maximum absolute atomic E-state index is 12.0. The Morgan fingerprint density at radius 2 is 1.45 bits per heavy atom. The molecule has 1 atom stereocenters. The van der Waals surface area contributed by atoms with Gasteiger partial charge in [-0.25, -0.2) is 0 Å². The van der Waals surface area contributed by atoms with Gasteiger partial charge in [-0.15, -0.1) is 0 Å². The normalized spacial score (nSPS) is 11.4. The summed E-state index contributed by atoms with van der Waals surface area (Å²) in [6.07, 6.45) is 0.420. The summed E-state index contributed by atoms with van der Waals surface area (Å²) in [4.78, 5) is 57.4. The van der Waals surface area contributed by atoms with Gasteiger partial charge in [-0.1, -0.05) is 6.92 Å². The van der Waals surface area contributed by atoms with Gasteiger partial charge in [0, 0.05) is 13.0 Å². The van der Waals surface area contributed by atoms with E-state index in [4.69, 9.17) is 19.3 Å². The van der Waals surface area contributed by atoms with E-state index >= 15 is 0 Å². The van der Waals surface area contributed by atoms with Gasteiger partial charge in [0.25, 0.3) is 0 Å². The third-order valence-corrected chi connectivity index (χ3v) is 3.58. The topological polar surface area (TPSA) is 169 Å². The van der Waals surface area contributed by atoms with Gasteiger partial charge in [-0.3, -0.25) is 24.0 Å². The summed E-state index contributed by atoms with van der Waals surface area (Å²) >= 11 is 0. The Morgan fingerprint density at radius 1 is 0.839 bits per heavy atom. The lowest BCUT2D eigenvalue weighted by molar-refractivity contribution is -0.138. The van der Waals surface area contributed by atoms with Crippen molar-refractivity contribution in [3.63, 3.8) is 0 Å². The molecule has 0 saturated carbocycles. The second-order valence-corrected chi connectivity index (χ2v) is 6.53. The highest BCUT2D eigenvalue weighted by molar-refractivity contribution is 5.92. The molecule has 0 rings (SSSR count). The second kappa shape index (κ2) is 18.2. The molecule has 178 valence electrons. The van der Waals surface area contributed by atoms with Crippen LogP contribution in [0.5, 0.6) is 0 Å². The molecule has 4 N–H and O–H groups in total. The summed E-state index contributed by atoms with van der Waals surface area (Å²) in [6, 6.07) is -1.14. The van der Waals surface area contributed by atoms with Crippen molar-refractivity contribution < 1.29 is 43.3 Å². The summed E-state index contributed by atoms with van der Waals surface area (Å²) in [7, 11) is 0. The van der Waals surface area contributed by atoms with E-state index in [1.54, 1.807) is 0 Å². The molecule has 0 aromatic carbocycles. The molecule has 0 unspecified atom stereocenters. The van der Waals surface area contributed by atoms with E-state index in [0.717, 1.165) is 6.42 Å². The van der Waals surface area contributed by atoms with Gasteiger partial charge >= 0.3 is 5.97 Å². The Labute approximate surface area is 181 Å². The molecule has 0 radical (unpaired) electrons. The van der Waals surface area contributed by atoms with Crippen molar-refractivity contribution in [2.75, 3.05) is 52.7 Å². The summed E-state index contributed by atoms with van der Waals surface area (Å²) in [5, 5.41) is 15.8. The molecule has 0 aromatic heterocycles. The average molecular weight is 447 g/mol. The van der Waals surface area contributed by atoms with Crippen molar-refractivity contribution in [1.29, 1.82) is 0 Å². The van der Waals surface area contributed by atoms with Crippen molar-refractivity contribution >= 4 is 29.5 Å². The third-order valence-electron chi connectivity index (χ3n) is 3.58. The molecule has 12 nitrogen and oxygen atoms in total. The molecule has 0 saturated heterocycles. The first-order valence-corrected chi connectivity index (χ1v) is 10.0. The minimum Gasteiger partial charge on any atom is -0.481 e. The summed E-state index contributed by atoms with van der Waals surface area (Å²) in [6.45, 7) is 4.44. The van der Waals surface area contributed by atoms with Gasteiger partial charge < -0.3 is 35.3 Å². The average Bonchev–Trinajstić information content (AvgIpc) is 2.72. The lowest BCUT2D eigenvalue weighted by Crippen LogP contribution is -2.50. The number of carbonyl (C=O) groups excluding carboxylic acids is 4. The number of ether oxygens (including phenoxy) is 3. The standard InChI is InChI=1S/C19H33N3O9/c1-3-6-29-7-8-30-9-10-31-13-17(25)20-12-16(24)22-15(4-5-18(26)27)19(28)21-11-14(2)23/h15H,3-13H2,1-2H3,(H,20,25)(H,21,28)(H,22,24)(H,26,27)/t15-/m0/s1. The molecule has 0 heterocycles. The number of carboxylic acid groups (broad SMARTS) is 1. The van der Waals surface area contributed by atoms with Crippen molar-refractivity contribution in [3.8, 4) is 0 Å². The van der Waals surface area contributed by atoms with Crippen molar-refractivity contribution in [1.82, 2.24) is 16.0 Å². The number of hydrogen-bond acceptors (Lipinski definition) is 8. The number of ketones is 1. The highest BCUT2D eigenvalue weighted by Crippen LogP contribution is 1.98. The molecule has 12 heteroatoms. The predicted molar refractivity (Wildman–Crippen MR) is 108 cm³/mol. The summed E-state index contributed by atoms with van der Waals surface area (Å²) in [5.74, 6) is -3.33. The maximum atomic E-state index is 12.0. The third kappa shape index (κ3) is 18.0. The number of aliphatic carboxylic acids is 1. The van der Waals surface area contributed by atoms with Crippen molar-refractivity contribution in [3.05, 3.63) is 0 Å². The van der Waals surface area contributed by atoms with Crippen LogP contribution in [0.1, 0.15) is 33.1 Å². The minimum absolute atomic E-state index is 0.161. The largest absolute Gasteiger partial charge is 0.481 e. The quantitative estimate of drug-likeness (QED) is 0.174. The Hall–Kier alpha value is -2.57. The Kier molecular flexibility index (Phi) is 16.7. The maximum Gasteiger partial charge on any atom is 0.303 e. The van der Waals surface area contributed by atoms with E-state index in [2.05, 4.69) is 16.0 Å². The van der Waals surface area contributed by atoms with Crippen LogP contribution in [0.4, 0.5) is 0 Å². The fourth-order valence-electron chi connectivity index (χ4n) is 2.10. The molecule has 0 aromatic rings. The summed E-state index contributed by atoms with van der Waals surface area (Å²) in [5.41, 5.74) is 0. The van der Waals surface area contributed by atoms with Crippen LogP contribution >= 0.6 is 0 Å². The van der Waals surface area contributed by atoms with E-state index in [1.165, 1.54) is 6.92 Å². The molecule has 0 fully saturated rings. The highest BCUT2D eigenvalue weighted by atomic mass is 16.5.